The van der Waals surface area contributed by atoms with Gasteiger partial charge in [0.1, 0.15) is 0 Å². The normalized spacial score (nSPS) is 14.2. The molecule has 2 aromatic rings. The van der Waals surface area contributed by atoms with Crippen molar-refractivity contribution in [3.8, 4) is 11.3 Å². The van der Waals surface area contributed by atoms with Crippen LogP contribution in [0.25, 0.3) is 16.8 Å². The SMILES string of the molecule is Nc1nc(C2=CN=CCC2)cc(-c2ccccc2)n1. The van der Waals surface area contributed by atoms with E-state index in [0.717, 1.165) is 35.4 Å². The molecule has 3 rings (SSSR count). The van der Waals surface area contributed by atoms with Gasteiger partial charge in [-0.25, -0.2) is 9.97 Å². The zero-order chi connectivity index (χ0) is 13.1. The highest BCUT2D eigenvalue weighted by molar-refractivity contribution is 5.74. The van der Waals surface area contributed by atoms with Gasteiger partial charge in [-0.05, 0) is 24.5 Å². The molecular formula is C15H14N4. The van der Waals surface area contributed by atoms with Crippen LogP contribution in [0.4, 0.5) is 5.95 Å². The Kier molecular flexibility index (Phi) is 3.06. The first-order chi connectivity index (χ1) is 9.33. The van der Waals surface area contributed by atoms with Crippen molar-refractivity contribution in [3.05, 3.63) is 48.3 Å². The van der Waals surface area contributed by atoms with Gasteiger partial charge in [-0.2, -0.15) is 0 Å². The maximum Gasteiger partial charge on any atom is 0.221 e. The molecular weight excluding hydrogens is 236 g/mol. The van der Waals surface area contributed by atoms with Gasteiger partial charge in [0, 0.05) is 18.0 Å². The van der Waals surface area contributed by atoms with Gasteiger partial charge in [0.05, 0.1) is 11.4 Å². The molecule has 0 saturated carbocycles. The first kappa shape index (κ1) is 11.6. The number of anilines is 1. The average molecular weight is 250 g/mol. The highest BCUT2D eigenvalue weighted by Gasteiger charge is 2.10. The van der Waals surface area contributed by atoms with Crippen molar-refractivity contribution in [1.29, 1.82) is 0 Å². The third kappa shape index (κ3) is 2.52. The fourth-order valence-electron chi connectivity index (χ4n) is 2.08. The first-order valence-corrected chi connectivity index (χ1v) is 6.24. The summed E-state index contributed by atoms with van der Waals surface area (Å²) in [5, 5.41) is 0. The van der Waals surface area contributed by atoms with E-state index in [-0.39, 0.29) is 0 Å². The van der Waals surface area contributed by atoms with Gasteiger partial charge in [-0.1, -0.05) is 30.3 Å². The Bertz CT molecular complexity index is 644. The highest BCUT2D eigenvalue weighted by Crippen LogP contribution is 2.25. The molecule has 0 fully saturated rings. The molecule has 19 heavy (non-hydrogen) atoms. The van der Waals surface area contributed by atoms with Crippen LogP contribution in [0, 0.1) is 0 Å². The fourth-order valence-corrected chi connectivity index (χ4v) is 2.08. The van der Waals surface area contributed by atoms with Crippen LogP contribution < -0.4 is 5.73 Å². The standard InChI is InChI=1S/C15H14N4/c16-15-18-13(11-5-2-1-3-6-11)9-14(19-15)12-7-4-8-17-10-12/h1-3,5-6,8-10H,4,7H2,(H2,16,18,19). The minimum absolute atomic E-state index is 0.298. The number of nitrogens with zero attached hydrogens (tertiary/aromatic N) is 3. The third-order valence-corrected chi connectivity index (χ3v) is 3.02. The van der Waals surface area contributed by atoms with Crippen molar-refractivity contribution < 1.29 is 0 Å². The Morgan fingerprint density at radius 1 is 1.00 bits per heavy atom. The second kappa shape index (κ2) is 5.02. The van der Waals surface area contributed by atoms with Crippen molar-refractivity contribution in [2.75, 3.05) is 5.73 Å². The topological polar surface area (TPSA) is 64.2 Å². The van der Waals surface area contributed by atoms with Gasteiger partial charge in [-0.3, -0.25) is 4.99 Å². The second-order valence-corrected chi connectivity index (χ2v) is 4.39. The molecule has 2 N–H and O–H groups in total. The Morgan fingerprint density at radius 2 is 1.79 bits per heavy atom. The molecule has 0 amide bonds. The number of aliphatic imine (C=N–C) groups is 1. The van der Waals surface area contributed by atoms with Crippen LogP contribution in [0.1, 0.15) is 18.5 Å². The van der Waals surface area contributed by atoms with E-state index in [9.17, 15) is 0 Å². The highest BCUT2D eigenvalue weighted by atomic mass is 15.0. The lowest BCUT2D eigenvalue weighted by molar-refractivity contribution is 1.07. The van der Waals surface area contributed by atoms with Crippen molar-refractivity contribution >= 4 is 17.7 Å². The number of aromatic nitrogens is 2. The predicted octanol–water partition coefficient (Wildman–Crippen LogP) is 2.93. The van der Waals surface area contributed by atoms with Crippen molar-refractivity contribution in [2.24, 2.45) is 4.99 Å². The predicted molar refractivity (Wildman–Crippen MR) is 77.6 cm³/mol. The average Bonchev–Trinajstić information content (AvgIpc) is 2.48. The lowest BCUT2D eigenvalue weighted by atomic mass is 10.0. The molecule has 1 aliphatic heterocycles. The molecule has 1 aliphatic rings. The number of hydrogen-bond donors (Lipinski definition) is 1. The number of nitrogens with two attached hydrogens (primary N) is 1. The van der Waals surface area contributed by atoms with E-state index in [0.29, 0.717) is 5.95 Å². The van der Waals surface area contributed by atoms with Gasteiger partial charge in [0.15, 0.2) is 0 Å². The molecule has 0 radical (unpaired) electrons. The molecule has 1 aromatic heterocycles. The summed E-state index contributed by atoms with van der Waals surface area (Å²) in [7, 11) is 0. The van der Waals surface area contributed by atoms with Gasteiger partial charge < -0.3 is 5.73 Å². The Morgan fingerprint density at radius 3 is 2.53 bits per heavy atom. The monoisotopic (exact) mass is 250 g/mol. The van der Waals surface area contributed by atoms with E-state index in [1.165, 1.54) is 0 Å². The lowest BCUT2D eigenvalue weighted by Gasteiger charge is -2.10. The quantitative estimate of drug-likeness (QED) is 0.891. The van der Waals surface area contributed by atoms with E-state index in [4.69, 9.17) is 5.73 Å². The summed E-state index contributed by atoms with van der Waals surface area (Å²) >= 11 is 0. The van der Waals surface area contributed by atoms with Gasteiger partial charge in [0.2, 0.25) is 5.95 Å². The van der Waals surface area contributed by atoms with Crippen LogP contribution >= 0.6 is 0 Å². The maximum absolute atomic E-state index is 5.82. The summed E-state index contributed by atoms with van der Waals surface area (Å²) in [5.74, 6) is 0.298. The van der Waals surface area contributed by atoms with Crippen LogP contribution in [-0.2, 0) is 0 Å². The molecule has 1 aromatic carbocycles. The molecule has 2 heterocycles. The molecule has 0 unspecified atom stereocenters. The zero-order valence-corrected chi connectivity index (χ0v) is 10.5. The summed E-state index contributed by atoms with van der Waals surface area (Å²) in [6, 6.07) is 11.9. The third-order valence-electron chi connectivity index (χ3n) is 3.02. The minimum Gasteiger partial charge on any atom is -0.368 e. The maximum atomic E-state index is 5.82. The largest absolute Gasteiger partial charge is 0.368 e. The van der Waals surface area contributed by atoms with Gasteiger partial charge in [0.25, 0.3) is 0 Å². The smallest absolute Gasteiger partial charge is 0.221 e. The van der Waals surface area contributed by atoms with Gasteiger partial charge in [-0.15, -0.1) is 0 Å². The Hall–Kier alpha value is -2.49. The van der Waals surface area contributed by atoms with Crippen LogP contribution in [0.3, 0.4) is 0 Å². The summed E-state index contributed by atoms with van der Waals surface area (Å²) in [6.45, 7) is 0. The van der Waals surface area contributed by atoms with E-state index < -0.39 is 0 Å². The van der Waals surface area contributed by atoms with Crippen molar-refractivity contribution in [2.45, 2.75) is 12.8 Å². The number of hydrogen-bond acceptors (Lipinski definition) is 4. The molecule has 0 spiro atoms. The number of rotatable bonds is 2. The molecule has 4 heteroatoms. The van der Waals surface area contributed by atoms with Crippen molar-refractivity contribution in [1.82, 2.24) is 9.97 Å². The molecule has 0 saturated heterocycles. The zero-order valence-electron chi connectivity index (χ0n) is 10.5. The van der Waals surface area contributed by atoms with E-state index >= 15 is 0 Å². The van der Waals surface area contributed by atoms with Crippen LogP contribution in [0.2, 0.25) is 0 Å². The first-order valence-electron chi connectivity index (χ1n) is 6.24. The Balaban J connectivity index is 2.06. The molecule has 4 nitrogen and oxygen atoms in total. The van der Waals surface area contributed by atoms with Crippen LogP contribution in [-0.4, -0.2) is 16.2 Å². The number of benzene rings is 1. The molecule has 0 aliphatic carbocycles. The molecule has 0 bridgehead atoms. The van der Waals surface area contributed by atoms with E-state index in [2.05, 4.69) is 15.0 Å². The molecule has 0 atom stereocenters. The molecule has 94 valence electrons. The fraction of sp³-hybridized carbons (Fsp3) is 0.133. The van der Waals surface area contributed by atoms with Crippen LogP contribution in [0.5, 0.6) is 0 Å². The number of nitrogen functional groups attached to an aromatic ring is 1. The lowest BCUT2D eigenvalue weighted by Crippen LogP contribution is -2.02. The minimum atomic E-state index is 0.298. The summed E-state index contributed by atoms with van der Waals surface area (Å²) in [5.41, 5.74) is 9.67. The number of allylic oxidation sites excluding steroid dienone is 1. The summed E-state index contributed by atoms with van der Waals surface area (Å²) in [6.07, 6.45) is 5.64. The second-order valence-electron chi connectivity index (χ2n) is 4.39. The Labute approximate surface area is 111 Å². The van der Waals surface area contributed by atoms with Gasteiger partial charge >= 0.3 is 0 Å². The summed E-state index contributed by atoms with van der Waals surface area (Å²) in [4.78, 5) is 12.8. The summed E-state index contributed by atoms with van der Waals surface area (Å²) < 4.78 is 0. The van der Waals surface area contributed by atoms with E-state index in [1.807, 2.05) is 48.8 Å². The van der Waals surface area contributed by atoms with Crippen LogP contribution in [0.15, 0.2) is 47.6 Å². The van der Waals surface area contributed by atoms with E-state index in [1.54, 1.807) is 0 Å². The van der Waals surface area contributed by atoms with Crippen molar-refractivity contribution in [3.63, 3.8) is 0 Å².